The highest BCUT2D eigenvalue weighted by Gasteiger charge is 2.71. The Morgan fingerprint density at radius 2 is 1.45 bits per heavy atom. The quantitative estimate of drug-likeness (QED) is 0.169. The molecule has 6 atom stereocenters. The largest absolute Gasteiger partial charge is 0.508 e. The van der Waals surface area contributed by atoms with E-state index in [1.165, 1.54) is 50.6 Å². The number of anilines is 2. The van der Waals surface area contributed by atoms with E-state index in [0.717, 1.165) is 9.80 Å². The van der Waals surface area contributed by atoms with Crippen molar-refractivity contribution >= 4 is 52.6 Å². The Morgan fingerprint density at radius 1 is 0.792 bits per heavy atom. The van der Waals surface area contributed by atoms with Gasteiger partial charge in [-0.3, -0.25) is 24.1 Å². The van der Waals surface area contributed by atoms with Crippen molar-refractivity contribution in [2.45, 2.75) is 24.2 Å². The van der Waals surface area contributed by atoms with Crippen molar-refractivity contribution in [1.29, 1.82) is 0 Å². The second-order valence-corrected chi connectivity index (χ2v) is 14.2. The first kappa shape index (κ1) is 34.2. The average molecular weight is 733 g/mol. The summed E-state index contributed by atoms with van der Waals surface area (Å²) in [6.45, 7) is 0. The summed E-state index contributed by atoms with van der Waals surface area (Å²) in [5, 5.41) is 20.7. The third kappa shape index (κ3) is 4.90. The molecule has 4 aromatic rings. The molecular weight excluding hydrogens is 700 g/mol. The van der Waals surface area contributed by atoms with E-state index in [1.54, 1.807) is 48.5 Å². The number of allylic oxidation sites excluding steroid dienone is 2. The number of fused-ring (bicyclic) bond motifs is 4. The van der Waals surface area contributed by atoms with E-state index in [0.29, 0.717) is 21.7 Å². The zero-order valence-corrected chi connectivity index (χ0v) is 29.3. The number of nitrogens with zero attached hydrogens (tertiary/aromatic N) is 2. The van der Waals surface area contributed by atoms with Crippen LogP contribution >= 0.6 is 11.6 Å². The van der Waals surface area contributed by atoms with Crippen LogP contribution in [0, 0.1) is 23.7 Å². The highest BCUT2D eigenvalue weighted by Crippen LogP contribution is 2.66. The molecule has 4 aliphatic rings. The predicted octanol–water partition coefficient (Wildman–Crippen LogP) is 6.13. The van der Waals surface area contributed by atoms with E-state index in [9.17, 15) is 24.6 Å². The second kappa shape index (κ2) is 12.6. The molecule has 0 unspecified atom stereocenters. The molecule has 0 aromatic heterocycles. The summed E-state index contributed by atoms with van der Waals surface area (Å²) in [4.78, 5) is 73.3. The van der Waals surface area contributed by atoms with Crippen LogP contribution in [0.2, 0.25) is 5.02 Å². The van der Waals surface area contributed by atoms with Gasteiger partial charge in [-0.2, -0.15) is 0 Å². The first-order valence-electron chi connectivity index (χ1n) is 17.1. The molecule has 1 saturated carbocycles. The lowest BCUT2D eigenvalue weighted by Crippen LogP contribution is -2.53. The number of amides is 4. The van der Waals surface area contributed by atoms with Crippen molar-refractivity contribution < 1.29 is 43.7 Å². The highest BCUT2D eigenvalue weighted by atomic mass is 35.5. The summed E-state index contributed by atoms with van der Waals surface area (Å²) in [6, 6.07) is 24.0. The van der Waals surface area contributed by atoms with Gasteiger partial charge in [0.2, 0.25) is 23.6 Å². The molecule has 8 rings (SSSR count). The molecule has 53 heavy (non-hydrogen) atoms. The third-order valence-corrected chi connectivity index (χ3v) is 11.6. The molecule has 0 spiro atoms. The number of imide groups is 2. The molecule has 268 valence electrons. The molecule has 3 fully saturated rings. The van der Waals surface area contributed by atoms with Crippen molar-refractivity contribution in [3.63, 3.8) is 0 Å². The number of methoxy groups -OCH3 is 2. The van der Waals surface area contributed by atoms with Crippen LogP contribution in [-0.2, 0) is 24.6 Å². The van der Waals surface area contributed by atoms with Crippen molar-refractivity contribution in [2.24, 2.45) is 23.7 Å². The summed E-state index contributed by atoms with van der Waals surface area (Å²) in [5.74, 6) is -7.39. The van der Waals surface area contributed by atoms with Crippen molar-refractivity contribution in [3.8, 4) is 17.2 Å². The zero-order valence-electron chi connectivity index (χ0n) is 28.6. The Hall–Kier alpha value is -5.94. The monoisotopic (exact) mass is 732 g/mol. The number of carbonyl (C=O) groups excluding carboxylic acids is 4. The van der Waals surface area contributed by atoms with Gasteiger partial charge in [0.25, 0.3) is 0 Å². The fourth-order valence-electron chi connectivity index (χ4n) is 9.30. The summed E-state index contributed by atoms with van der Waals surface area (Å²) in [6.07, 6.45) is 2.08. The molecule has 2 saturated heterocycles. The maximum Gasteiger partial charge on any atom is 0.335 e. The van der Waals surface area contributed by atoms with Crippen LogP contribution in [0.25, 0.3) is 0 Å². The molecule has 4 aromatic carbocycles. The fourth-order valence-corrected chi connectivity index (χ4v) is 9.48. The number of ether oxygens (including phenoxy) is 2. The van der Waals surface area contributed by atoms with Crippen LogP contribution in [0.1, 0.15) is 40.2 Å². The molecule has 2 heterocycles. The molecule has 12 heteroatoms. The van der Waals surface area contributed by atoms with Gasteiger partial charge in [0.15, 0.2) is 0 Å². The summed E-state index contributed by atoms with van der Waals surface area (Å²) < 4.78 is 11.8. The number of aromatic hydroxyl groups is 1. The van der Waals surface area contributed by atoms with Gasteiger partial charge < -0.3 is 19.7 Å². The van der Waals surface area contributed by atoms with Gasteiger partial charge in [-0.15, -0.1) is 0 Å². The van der Waals surface area contributed by atoms with E-state index in [4.69, 9.17) is 21.1 Å². The van der Waals surface area contributed by atoms with E-state index >= 15 is 9.59 Å². The van der Waals surface area contributed by atoms with E-state index in [1.807, 2.05) is 12.1 Å². The van der Waals surface area contributed by atoms with Gasteiger partial charge in [0.1, 0.15) is 17.2 Å². The number of aromatic carboxylic acids is 1. The van der Waals surface area contributed by atoms with Crippen LogP contribution < -0.4 is 19.3 Å². The number of benzene rings is 4. The van der Waals surface area contributed by atoms with Crippen LogP contribution in [-0.4, -0.2) is 54.0 Å². The summed E-state index contributed by atoms with van der Waals surface area (Å²) >= 11 is 6.40. The lowest BCUT2D eigenvalue weighted by molar-refractivity contribution is -0.127. The van der Waals surface area contributed by atoms with Gasteiger partial charge >= 0.3 is 5.97 Å². The number of rotatable bonds is 7. The van der Waals surface area contributed by atoms with Crippen molar-refractivity contribution in [1.82, 2.24) is 0 Å². The fraction of sp³-hybridized carbons (Fsp3) is 0.244. The molecule has 2 N–H and O–H groups in total. The molecular formula is C41H33ClN2O9. The Balaban J connectivity index is 1.38. The SMILES string of the molecule is COc1cc(O)cc(OC)c1[C@H]1C2=CC[C@@H]3C(=O)N(c4cccc(C(=O)O)c4)C(=O)[C@@H]3[C@@H]2C[C@H]2C(=O)N(c3cccc(Cl)c3)C(=O)[C@@]12c1ccccc1. The number of halogens is 1. The molecule has 4 amide bonds. The van der Waals surface area contributed by atoms with Crippen molar-refractivity contribution in [2.75, 3.05) is 24.0 Å². The van der Waals surface area contributed by atoms with Gasteiger partial charge in [0, 0.05) is 28.6 Å². The maximum absolute atomic E-state index is 15.5. The number of phenols is 1. The first-order chi connectivity index (χ1) is 25.5. The number of hydrogen-bond acceptors (Lipinski definition) is 8. The Morgan fingerprint density at radius 3 is 2.09 bits per heavy atom. The topological polar surface area (TPSA) is 151 Å². The molecule has 0 radical (unpaired) electrons. The van der Waals surface area contributed by atoms with E-state index in [-0.39, 0.29) is 47.0 Å². The minimum atomic E-state index is -1.60. The maximum atomic E-state index is 15.5. The predicted molar refractivity (Wildman–Crippen MR) is 193 cm³/mol. The van der Waals surface area contributed by atoms with Crippen LogP contribution in [0.15, 0.2) is 103 Å². The number of phenolic OH excluding ortho intramolecular Hbond substituents is 1. The lowest BCUT2D eigenvalue weighted by Gasteiger charge is -2.51. The first-order valence-corrected chi connectivity index (χ1v) is 17.5. The number of carbonyl (C=O) groups is 5. The minimum Gasteiger partial charge on any atom is -0.508 e. The number of carboxylic acid groups (broad SMARTS) is 1. The number of carboxylic acids is 1. The minimum absolute atomic E-state index is 0.0464. The Labute approximate surface area is 309 Å². The summed E-state index contributed by atoms with van der Waals surface area (Å²) in [7, 11) is 2.86. The van der Waals surface area contributed by atoms with Gasteiger partial charge in [-0.05, 0) is 60.7 Å². The highest BCUT2D eigenvalue weighted by molar-refractivity contribution is 6.32. The van der Waals surface area contributed by atoms with E-state index < -0.39 is 64.6 Å². The average Bonchev–Trinajstić information content (AvgIpc) is 3.55. The third-order valence-electron chi connectivity index (χ3n) is 11.3. The molecule has 0 bridgehead atoms. The van der Waals surface area contributed by atoms with E-state index in [2.05, 4.69) is 0 Å². The van der Waals surface area contributed by atoms with Gasteiger partial charge in [-0.25, -0.2) is 9.69 Å². The Kier molecular flexibility index (Phi) is 8.14. The van der Waals surface area contributed by atoms with Gasteiger partial charge in [-0.1, -0.05) is 65.7 Å². The smallest absolute Gasteiger partial charge is 0.335 e. The van der Waals surface area contributed by atoms with Crippen LogP contribution in [0.3, 0.4) is 0 Å². The normalized spacial score (nSPS) is 26.2. The van der Waals surface area contributed by atoms with Crippen LogP contribution in [0.5, 0.6) is 17.2 Å². The summed E-state index contributed by atoms with van der Waals surface area (Å²) in [5.41, 5.74) is 0.351. The lowest BCUT2D eigenvalue weighted by atomic mass is 9.49. The molecule has 2 aliphatic heterocycles. The Bertz CT molecular complexity index is 2250. The van der Waals surface area contributed by atoms with Crippen molar-refractivity contribution in [3.05, 3.63) is 124 Å². The standard InChI is InChI=1S/C41H33ClN2O9/c1-52-31-18-26(45)19-32(53-2)34(31)35-27-14-15-28-33(38(48)43(36(28)46)24-12-6-8-21(16-24)39(49)50)29(27)20-30-37(47)44(25-13-7-11-23(42)17-25)40(51)41(30,35)22-9-4-3-5-10-22/h3-14,16-19,28-30,33,35,45H,15,20H2,1-2H3,(H,49,50)/t28-,29+,30-,33-,35+,41+/m0/s1. The molecule has 11 nitrogen and oxygen atoms in total. The zero-order chi connectivity index (χ0) is 37.3. The second-order valence-electron chi connectivity index (χ2n) is 13.7. The number of hydrogen-bond donors (Lipinski definition) is 2. The molecule has 2 aliphatic carbocycles. The van der Waals surface area contributed by atoms with Crippen LogP contribution in [0.4, 0.5) is 11.4 Å². The van der Waals surface area contributed by atoms with Gasteiger partial charge in [0.05, 0.1) is 54.3 Å².